The summed E-state index contributed by atoms with van der Waals surface area (Å²) < 4.78 is 5.58. The van der Waals surface area contributed by atoms with Crippen molar-refractivity contribution >= 4 is 17.5 Å². The van der Waals surface area contributed by atoms with Crippen LogP contribution >= 0.6 is 0 Å². The van der Waals surface area contributed by atoms with Crippen LogP contribution < -0.4 is 10.6 Å². The van der Waals surface area contributed by atoms with E-state index < -0.39 is 5.97 Å². The van der Waals surface area contributed by atoms with E-state index in [-0.39, 0.29) is 11.7 Å². The minimum atomic E-state index is -0.998. The van der Waals surface area contributed by atoms with Crippen molar-refractivity contribution < 1.29 is 14.6 Å². The second-order valence-electron chi connectivity index (χ2n) is 4.59. The van der Waals surface area contributed by atoms with Crippen LogP contribution in [0, 0.1) is 0 Å². The van der Waals surface area contributed by atoms with Gasteiger partial charge in [0, 0.05) is 19.7 Å². The second-order valence-corrected chi connectivity index (χ2v) is 4.59. The Labute approximate surface area is 112 Å². The second kappa shape index (κ2) is 5.88. The number of hydrogen-bond donors (Lipinski definition) is 2. The van der Waals surface area contributed by atoms with Crippen molar-refractivity contribution in [2.75, 3.05) is 30.3 Å². The van der Waals surface area contributed by atoms with E-state index in [0.29, 0.717) is 18.1 Å². The third kappa shape index (κ3) is 3.14. The summed E-state index contributed by atoms with van der Waals surface area (Å²) in [5, 5.41) is 9.21. The number of carbonyl (C=O) groups is 1. The Kier molecular flexibility index (Phi) is 4.21. The average molecular weight is 265 g/mol. The molecule has 1 aromatic heterocycles. The van der Waals surface area contributed by atoms with Crippen LogP contribution in [0.1, 0.15) is 30.1 Å². The summed E-state index contributed by atoms with van der Waals surface area (Å²) >= 11 is 0. The van der Waals surface area contributed by atoms with Crippen molar-refractivity contribution in [2.24, 2.45) is 0 Å². The fourth-order valence-electron chi connectivity index (χ4n) is 2.35. The highest BCUT2D eigenvalue weighted by molar-refractivity contribution is 5.94. The molecule has 6 heteroatoms. The first kappa shape index (κ1) is 13.6. The number of rotatable bonds is 4. The SMILES string of the molecule is CCOC1CCN(c2ncc(N)cc2C(=O)O)CC1. The molecule has 1 fully saturated rings. The fraction of sp³-hybridized carbons (Fsp3) is 0.538. The van der Waals surface area contributed by atoms with Gasteiger partial charge in [-0.3, -0.25) is 0 Å². The molecule has 6 nitrogen and oxygen atoms in total. The lowest BCUT2D eigenvalue weighted by Gasteiger charge is -2.33. The van der Waals surface area contributed by atoms with Gasteiger partial charge >= 0.3 is 5.97 Å². The highest BCUT2D eigenvalue weighted by Gasteiger charge is 2.24. The Morgan fingerprint density at radius 2 is 2.26 bits per heavy atom. The van der Waals surface area contributed by atoms with Gasteiger partial charge in [0.2, 0.25) is 0 Å². The molecule has 104 valence electrons. The lowest BCUT2D eigenvalue weighted by atomic mass is 10.1. The number of nitrogens with two attached hydrogens (primary N) is 1. The predicted octanol–water partition coefficient (Wildman–Crippen LogP) is 1.37. The molecule has 0 saturated carbocycles. The number of carboxylic acid groups (broad SMARTS) is 1. The van der Waals surface area contributed by atoms with Crippen molar-refractivity contribution in [1.29, 1.82) is 0 Å². The third-order valence-electron chi connectivity index (χ3n) is 3.26. The van der Waals surface area contributed by atoms with Gasteiger partial charge in [0.15, 0.2) is 0 Å². The molecule has 0 radical (unpaired) electrons. The molecule has 2 rings (SSSR count). The van der Waals surface area contributed by atoms with E-state index in [9.17, 15) is 9.90 Å². The summed E-state index contributed by atoms with van der Waals surface area (Å²) in [5.41, 5.74) is 6.12. The first-order chi connectivity index (χ1) is 9.11. The van der Waals surface area contributed by atoms with E-state index in [1.165, 1.54) is 12.3 Å². The van der Waals surface area contributed by atoms with Crippen LogP contribution in [0.4, 0.5) is 11.5 Å². The molecule has 1 aromatic rings. The molecule has 0 atom stereocenters. The molecule has 0 spiro atoms. The van der Waals surface area contributed by atoms with Crippen molar-refractivity contribution in [3.63, 3.8) is 0 Å². The van der Waals surface area contributed by atoms with Crippen LogP contribution in [-0.4, -0.2) is 41.9 Å². The molecule has 19 heavy (non-hydrogen) atoms. The minimum Gasteiger partial charge on any atom is -0.478 e. The van der Waals surface area contributed by atoms with Crippen LogP contribution in [0.3, 0.4) is 0 Å². The summed E-state index contributed by atoms with van der Waals surface area (Å²) in [5.74, 6) is -0.501. The van der Waals surface area contributed by atoms with E-state index in [2.05, 4.69) is 4.98 Å². The summed E-state index contributed by atoms with van der Waals surface area (Å²) in [4.78, 5) is 17.4. The van der Waals surface area contributed by atoms with Gasteiger partial charge in [-0.25, -0.2) is 9.78 Å². The molecule has 0 aromatic carbocycles. The van der Waals surface area contributed by atoms with Crippen molar-refractivity contribution in [3.05, 3.63) is 17.8 Å². The predicted molar refractivity (Wildman–Crippen MR) is 72.5 cm³/mol. The van der Waals surface area contributed by atoms with Crippen molar-refractivity contribution in [1.82, 2.24) is 4.98 Å². The van der Waals surface area contributed by atoms with E-state index in [1.807, 2.05) is 11.8 Å². The Morgan fingerprint density at radius 3 is 2.84 bits per heavy atom. The summed E-state index contributed by atoms with van der Waals surface area (Å²) in [6, 6.07) is 1.46. The van der Waals surface area contributed by atoms with Crippen molar-refractivity contribution in [2.45, 2.75) is 25.9 Å². The summed E-state index contributed by atoms with van der Waals surface area (Å²) in [6.45, 7) is 4.20. The highest BCUT2D eigenvalue weighted by Crippen LogP contribution is 2.24. The molecule has 0 aliphatic carbocycles. The van der Waals surface area contributed by atoms with Gasteiger partial charge in [0.25, 0.3) is 0 Å². The van der Waals surface area contributed by atoms with Gasteiger partial charge in [-0.15, -0.1) is 0 Å². The van der Waals surface area contributed by atoms with Crippen LogP contribution in [0.5, 0.6) is 0 Å². The number of nitrogen functional groups attached to an aromatic ring is 1. The van der Waals surface area contributed by atoms with Crippen LogP contribution in [0.25, 0.3) is 0 Å². The molecule has 0 bridgehead atoms. The zero-order valence-corrected chi connectivity index (χ0v) is 11.0. The molecule has 3 N–H and O–H groups in total. The number of nitrogens with zero attached hydrogens (tertiary/aromatic N) is 2. The van der Waals surface area contributed by atoms with Crippen LogP contribution in [0.15, 0.2) is 12.3 Å². The quantitative estimate of drug-likeness (QED) is 0.854. The average Bonchev–Trinajstić information content (AvgIpc) is 2.40. The maximum absolute atomic E-state index is 11.2. The van der Waals surface area contributed by atoms with Gasteiger partial charge in [-0.1, -0.05) is 0 Å². The third-order valence-corrected chi connectivity index (χ3v) is 3.26. The number of hydrogen-bond acceptors (Lipinski definition) is 5. The fourth-order valence-corrected chi connectivity index (χ4v) is 2.35. The molecule has 2 heterocycles. The van der Waals surface area contributed by atoms with E-state index in [4.69, 9.17) is 10.5 Å². The first-order valence-corrected chi connectivity index (χ1v) is 6.47. The van der Waals surface area contributed by atoms with Crippen LogP contribution in [0.2, 0.25) is 0 Å². The number of anilines is 2. The molecule has 1 aliphatic rings. The summed E-state index contributed by atoms with van der Waals surface area (Å²) in [7, 11) is 0. The Bertz CT molecular complexity index is 456. The number of carboxylic acids is 1. The van der Waals surface area contributed by atoms with Gasteiger partial charge in [0.05, 0.1) is 18.0 Å². The minimum absolute atomic E-state index is 0.162. The number of pyridine rings is 1. The highest BCUT2D eigenvalue weighted by atomic mass is 16.5. The Morgan fingerprint density at radius 1 is 1.58 bits per heavy atom. The zero-order valence-electron chi connectivity index (χ0n) is 11.0. The normalized spacial score (nSPS) is 16.6. The molecule has 1 saturated heterocycles. The van der Waals surface area contributed by atoms with Gasteiger partial charge in [-0.2, -0.15) is 0 Å². The number of aromatic nitrogens is 1. The largest absolute Gasteiger partial charge is 0.478 e. The topological polar surface area (TPSA) is 88.7 Å². The van der Waals surface area contributed by atoms with E-state index in [0.717, 1.165) is 25.9 Å². The van der Waals surface area contributed by atoms with Gasteiger partial charge < -0.3 is 20.5 Å². The van der Waals surface area contributed by atoms with Gasteiger partial charge in [0.1, 0.15) is 11.4 Å². The van der Waals surface area contributed by atoms with E-state index in [1.54, 1.807) is 0 Å². The molecular weight excluding hydrogens is 246 g/mol. The Hall–Kier alpha value is -1.82. The molecule has 0 amide bonds. The van der Waals surface area contributed by atoms with E-state index >= 15 is 0 Å². The standard InChI is InChI=1S/C13H19N3O3/c1-2-19-10-3-5-16(6-4-10)12-11(13(17)18)7-9(14)8-15-12/h7-8,10H,2-6,14H2,1H3,(H,17,18). The first-order valence-electron chi connectivity index (χ1n) is 6.47. The maximum Gasteiger partial charge on any atom is 0.339 e. The maximum atomic E-state index is 11.2. The zero-order chi connectivity index (χ0) is 13.8. The lowest BCUT2D eigenvalue weighted by Crippen LogP contribution is -2.38. The molecule has 1 aliphatic heterocycles. The smallest absolute Gasteiger partial charge is 0.339 e. The molecular formula is C13H19N3O3. The number of piperidine rings is 1. The van der Waals surface area contributed by atoms with Crippen LogP contribution in [-0.2, 0) is 4.74 Å². The molecule has 0 unspecified atom stereocenters. The monoisotopic (exact) mass is 265 g/mol. The van der Waals surface area contributed by atoms with Gasteiger partial charge in [-0.05, 0) is 25.8 Å². The Balaban J connectivity index is 2.13. The van der Waals surface area contributed by atoms with Crippen molar-refractivity contribution in [3.8, 4) is 0 Å². The summed E-state index contributed by atoms with van der Waals surface area (Å²) in [6.07, 6.45) is 3.54. The lowest BCUT2D eigenvalue weighted by molar-refractivity contribution is 0.0458. The number of aromatic carboxylic acids is 1. The number of ether oxygens (including phenoxy) is 1.